The molecule has 378 valence electrons. The average molecular weight is 961 g/mol. The highest BCUT2D eigenvalue weighted by atomic mass is 16.5. The van der Waals surface area contributed by atoms with Crippen LogP contribution in [0.2, 0.25) is 0 Å². The molecule has 0 heterocycles. The molecule has 5 aromatic carbocycles. The van der Waals surface area contributed by atoms with E-state index in [1.165, 1.54) is 93.9 Å². The summed E-state index contributed by atoms with van der Waals surface area (Å²) in [6.07, 6.45) is 6.25. The smallest absolute Gasteiger partial charge is 0.159 e. The Kier molecular flexibility index (Phi) is 37.2. The van der Waals surface area contributed by atoms with Crippen molar-refractivity contribution in [2.45, 2.75) is 136 Å². The summed E-state index contributed by atoms with van der Waals surface area (Å²) < 4.78 is 5.63. The van der Waals surface area contributed by atoms with Gasteiger partial charge in [-0.25, -0.2) is 0 Å². The van der Waals surface area contributed by atoms with Gasteiger partial charge in [-0.1, -0.05) is 93.4 Å². The van der Waals surface area contributed by atoms with E-state index in [0.717, 1.165) is 29.4 Å². The zero-order valence-corrected chi connectivity index (χ0v) is 42.9. The highest BCUT2D eigenvalue weighted by Gasteiger charge is 2.16. The summed E-state index contributed by atoms with van der Waals surface area (Å²) in [5, 5.41) is 2.29. The van der Waals surface area contributed by atoms with Gasteiger partial charge in [-0.15, -0.1) is 0 Å². The lowest BCUT2D eigenvalue weighted by atomic mass is 9.87. The molecule has 70 heavy (non-hydrogen) atoms. The topological polar surface area (TPSA) is 180 Å². The van der Waals surface area contributed by atoms with E-state index in [1.54, 1.807) is 69.3 Å². The van der Waals surface area contributed by atoms with Gasteiger partial charge in [-0.05, 0) is 168 Å². The molecule has 11 heteroatoms. The first kappa shape index (κ1) is 67.1. The second-order valence-corrected chi connectivity index (χ2v) is 16.6. The predicted molar refractivity (Wildman–Crippen MR) is 282 cm³/mol. The number of hydrogen-bond donors (Lipinski definition) is 0. The summed E-state index contributed by atoms with van der Waals surface area (Å²) in [4.78, 5) is 103. The molecule has 0 saturated heterocycles. The Morgan fingerprint density at radius 3 is 0.986 bits per heavy atom. The van der Waals surface area contributed by atoms with Crippen LogP contribution >= 0.6 is 0 Å². The number of Topliss-reactive ketones (excluding diaryl/α,β-unsaturated/α-hetero) is 10. The molecule has 0 amide bonds. The van der Waals surface area contributed by atoms with Crippen molar-refractivity contribution in [2.24, 2.45) is 5.92 Å². The monoisotopic (exact) mass is 961 g/mol. The van der Waals surface area contributed by atoms with E-state index in [4.69, 9.17) is 4.74 Å². The largest absolute Gasteiger partial charge is 0.457 e. The molecule has 0 N–H and O–H groups in total. The normalized spacial score (nSPS) is 10.5. The van der Waals surface area contributed by atoms with E-state index < -0.39 is 0 Å². The van der Waals surface area contributed by atoms with Crippen molar-refractivity contribution < 1.29 is 52.7 Å². The van der Waals surface area contributed by atoms with Crippen LogP contribution in [-0.2, 0) is 28.8 Å². The Labute approximate surface area is 416 Å². The number of ether oxygens (including phenoxy) is 1. The molecule has 5 aromatic rings. The van der Waals surface area contributed by atoms with Crippen molar-refractivity contribution in [1.82, 2.24) is 0 Å². The van der Waals surface area contributed by atoms with E-state index in [1.807, 2.05) is 72.8 Å². The summed E-state index contributed by atoms with van der Waals surface area (Å²) in [6.45, 7) is 19.9. The van der Waals surface area contributed by atoms with Gasteiger partial charge in [-0.3, -0.25) is 33.6 Å². The molecule has 0 bridgehead atoms. The van der Waals surface area contributed by atoms with E-state index in [-0.39, 0.29) is 65.9 Å². The molecule has 0 aromatic heterocycles. The van der Waals surface area contributed by atoms with Crippen LogP contribution < -0.4 is 4.74 Å². The van der Waals surface area contributed by atoms with Gasteiger partial charge in [0, 0.05) is 28.2 Å². The maximum atomic E-state index is 11.1. The first-order valence-corrected chi connectivity index (χ1v) is 22.6. The van der Waals surface area contributed by atoms with Crippen LogP contribution in [-0.4, -0.2) is 57.8 Å². The van der Waals surface area contributed by atoms with Crippen LogP contribution in [0.3, 0.4) is 0 Å². The third kappa shape index (κ3) is 36.9. The second-order valence-electron chi connectivity index (χ2n) is 16.6. The Morgan fingerprint density at radius 1 is 0.386 bits per heavy atom. The molecule has 6 rings (SSSR count). The average Bonchev–Trinajstić information content (AvgIpc) is 3.27. The van der Waals surface area contributed by atoms with Crippen LogP contribution in [0.4, 0.5) is 0 Å². The number of carbonyl (C=O) groups excluding carboxylic acids is 10. The Balaban J connectivity index is -0.000000780. The Bertz CT molecular complexity index is 2300. The van der Waals surface area contributed by atoms with Gasteiger partial charge < -0.3 is 19.1 Å². The summed E-state index contributed by atoms with van der Waals surface area (Å²) in [6, 6.07) is 36.9. The molecular weight excluding hydrogens is 885 g/mol. The number of ketones is 10. The van der Waals surface area contributed by atoms with Crippen molar-refractivity contribution in [3.63, 3.8) is 0 Å². The molecule has 1 fully saturated rings. The number of fused-ring (bicyclic) bond motifs is 1. The van der Waals surface area contributed by atoms with Crippen LogP contribution in [0.5, 0.6) is 11.5 Å². The van der Waals surface area contributed by atoms with Gasteiger partial charge in [0.2, 0.25) is 0 Å². The first-order valence-electron chi connectivity index (χ1n) is 22.6. The van der Waals surface area contributed by atoms with Crippen LogP contribution in [0.15, 0.2) is 121 Å². The molecule has 1 saturated carbocycles. The van der Waals surface area contributed by atoms with E-state index >= 15 is 0 Å². The third-order valence-electron chi connectivity index (χ3n) is 8.77. The lowest BCUT2D eigenvalue weighted by Crippen LogP contribution is -2.13. The van der Waals surface area contributed by atoms with Gasteiger partial charge in [-0.2, -0.15) is 0 Å². The minimum Gasteiger partial charge on any atom is -0.457 e. The molecule has 0 atom stereocenters. The molecule has 0 aliphatic heterocycles. The molecule has 1 aliphatic carbocycles. The van der Waals surface area contributed by atoms with Gasteiger partial charge in [0.05, 0.1) is 6.42 Å². The summed E-state index contributed by atoms with van der Waals surface area (Å²) >= 11 is 0. The fourth-order valence-electron chi connectivity index (χ4n) is 5.59. The molecule has 0 unspecified atom stereocenters. The molecule has 0 spiro atoms. The minimum atomic E-state index is -0.0625. The number of benzene rings is 5. The lowest BCUT2D eigenvalue weighted by molar-refractivity contribution is -0.125. The highest BCUT2D eigenvalue weighted by molar-refractivity contribution is 5.99. The van der Waals surface area contributed by atoms with Crippen molar-refractivity contribution in [1.29, 1.82) is 0 Å². The van der Waals surface area contributed by atoms with Gasteiger partial charge >= 0.3 is 0 Å². The van der Waals surface area contributed by atoms with Crippen molar-refractivity contribution >= 4 is 68.6 Å². The van der Waals surface area contributed by atoms with E-state index in [2.05, 4.69) is 0 Å². The van der Waals surface area contributed by atoms with Crippen LogP contribution in [0, 0.1) is 5.92 Å². The maximum Gasteiger partial charge on any atom is 0.159 e. The molecule has 11 nitrogen and oxygen atoms in total. The fourth-order valence-corrected chi connectivity index (χ4v) is 5.59. The maximum absolute atomic E-state index is 11.1. The predicted octanol–water partition coefficient (Wildman–Crippen LogP) is 13.9. The zero-order chi connectivity index (χ0) is 53.1. The van der Waals surface area contributed by atoms with Crippen molar-refractivity contribution in [3.8, 4) is 11.5 Å². The molecule has 1 aliphatic rings. The summed E-state index contributed by atoms with van der Waals surface area (Å²) in [7, 11) is 0. The molecule has 0 radical (unpaired) electrons. The van der Waals surface area contributed by atoms with E-state index in [9.17, 15) is 47.9 Å². The van der Waals surface area contributed by atoms with E-state index in [0.29, 0.717) is 34.3 Å². The minimum absolute atomic E-state index is 0. The highest BCUT2D eigenvalue weighted by Crippen LogP contribution is 2.24. The standard InChI is InChI=1S/C16H14O3.C12H10O.C8H14O.C8H8O.C5H8O2.3C3H6O.CH4/c1-11(17)13-3-7-15(8-4-13)19-16-9-5-14(6-10-16)12(2)18;1-9(13)11-7-6-10-4-2-3-5-12(10)8-11;2*1-7(9)8-5-3-2-4-6-8;1-4(6)3-5(2)7;3*1-3(2)4;/h3-10H,1-2H3;2-8H,1H3;8H,2-6H2,1H3;2-6H,1H3;3H2,1-2H3;3*1-2H3;1H4. The number of hydrogen-bond acceptors (Lipinski definition) is 11. The SMILES string of the molecule is C.CC(=O)C1CCCCC1.CC(=O)CC(C)=O.CC(=O)c1ccc(Oc2ccc(C(C)=O)cc2)cc1.CC(=O)c1ccc2ccccc2c1.CC(=O)c1ccccc1.CC(C)=O.CC(C)=O.CC(C)=O. The Morgan fingerprint density at radius 2 is 0.700 bits per heavy atom. The Hall–Kier alpha value is -7.14. The lowest BCUT2D eigenvalue weighted by Gasteiger charge is -2.17. The zero-order valence-electron chi connectivity index (χ0n) is 42.9. The number of rotatable bonds is 9. The quantitative estimate of drug-likeness (QED) is 0.101. The molecular formula is C59H76O11. The van der Waals surface area contributed by atoms with Crippen LogP contribution in [0.1, 0.15) is 177 Å². The first-order chi connectivity index (χ1) is 32.3. The third-order valence-corrected chi connectivity index (χ3v) is 8.77. The van der Waals surface area contributed by atoms with Crippen molar-refractivity contribution in [3.05, 3.63) is 144 Å². The second kappa shape index (κ2) is 38.8. The fraction of sp³-hybridized carbons (Fsp3) is 0.356. The van der Waals surface area contributed by atoms with Gasteiger partial charge in [0.25, 0.3) is 0 Å². The van der Waals surface area contributed by atoms with Crippen LogP contribution in [0.25, 0.3) is 10.8 Å². The number of carbonyl (C=O) groups is 10. The summed E-state index contributed by atoms with van der Waals surface area (Å²) in [5.41, 5.74) is 2.86. The van der Waals surface area contributed by atoms with Crippen molar-refractivity contribution in [2.75, 3.05) is 0 Å². The summed E-state index contributed by atoms with van der Waals surface area (Å²) in [5.74, 6) is 2.78. The van der Waals surface area contributed by atoms with Gasteiger partial charge in [0.15, 0.2) is 23.1 Å². The van der Waals surface area contributed by atoms with Gasteiger partial charge in [0.1, 0.15) is 46.2 Å².